The Bertz CT molecular complexity index is 896. The molecule has 28 heavy (non-hydrogen) atoms. The molecule has 152 valence electrons. The Kier molecular flexibility index (Phi) is 6.86. The maximum atomic E-state index is 11.8. The molecule has 7 heteroatoms. The van der Waals surface area contributed by atoms with Gasteiger partial charge in [0.05, 0.1) is 11.4 Å². The second kappa shape index (κ2) is 9.16. The summed E-state index contributed by atoms with van der Waals surface area (Å²) >= 11 is 6.31. The second-order valence-corrected chi connectivity index (χ2v) is 9.65. The van der Waals surface area contributed by atoms with Crippen molar-refractivity contribution in [3.8, 4) is 0 Å². The highest BCUT2D eigenvalue weighted by Crippen LogP contribution is 2.26. The standard InChI is InChI=1S/C21H28ClN3O2S/c1-3-28(26,27)24-18-7-6-8-19(15-18)25-13-11-17(12-14-25)23-16(2)20-9-4-5-10-21(20)22/h4-10,15-17,23-24H,3,11-14H2,1-2H3. The van der Waals surface area contributed by atoms with Gasteiger partial charge in [0, 0.05) is 35.9 Å². The van der Waals surface area contributed by atoms with Crippen molar-refractivity contribution >= 4 is 33.0 Å². The summed E-state index contributed by atoms with van der Waals surface area (Å²) in [6, 6.07) is 16.2. The van der Waals surface area contributed by atoms with E-state index in [2.05, 4.69) is 27.9 Å². The molecule has 0 spiro atoms. The maximum Gasteiger partial charge on any atom is 0.232 e. The first-order valence-corrected chi connectivity index (χ1v) is 11.8. The van der Waals surface area contributed by atoms with Crippen molar-refractivity contribution in [1.29, 1.82) is 0 Å². The first-order valence-electron chi connectivity index (χ1n) is 9.74. The number of nitrogens with one attached hydrogen (secondary N) is 2. The largest absolute Gasteiger partial charge is 0.371 e. The van der Waals surface area contributed by atoms with Crippen molar-refractivity contribution in [2.24, 2.45) is 0 Å². The van der Waals surface area contributed by atoms with Crippen LogP contribution in [0.25, 0.3) is 0 Å². The predicted octanol–water partition coefficient (Wildman–Crippen LogP) is 4.42. The highest BCUT2D eigenvalue weighted by molar-refractivity contribution is 7.92. The van der Waals surface area contributed by atoms with Crippen LogP contribution in [0.3, 0.4) is 0 Å². The van der Waals surface area contributed by atoms with Gasteiger partial charge in [-0.15, -0.1) is 0 Å². The van der Waals surface area contributed by atoms with Crippen LogP contribution in [0, 0.1) is 0 Å². The molecule has 0 saturated carbocycles. The molecule has 2 aromatic rings. The lowest BCUT2D eigenvalue weighted by Crippen LogP contribution is -2.43. The molecule has 0 radical (unpaired) electrons. The molecule has 1 saturated heterocycles. The first kappa shape index (κ1) is 21.0. The van der Waals surface area contributed by atoms with Gasteiger partial charge in [-0.3, -0.25) is 4.72 Å². The minimum Gasteiger partial charge on any atom is -0.371 e. The van der Waals surface area contributed by atoms with Gasteiger partial charge in [-0.2, -0.15) is 0 Å². The number of halogens is 1. The van der Waals surface area contributed by atoms with E-state index >= 15 is 0 Å². The molecule has 1 heterocycles. The maximum absolute atomic E-state index is 11.8. The fourth-order valence-corrected chi connectivity index (χ4v) is 4.52. The minimum atomic E-state index is -3.26. The van der Waals surface area contributed by atoms with Crippen molar-refractivity contribution in [2.75, 3.05) is 28.5 Å². The average Bonchev–Trinajstić information content (AvgIpc) is 2.69. The lowest BCUT2D eigenvalue weighted by molar-refractivity contribution is 0.381. The van der Waals surface area contributed by atoms with Gasteiger partial charge >= 0.3 is 0 Å². The van der Waals surface area contributed by atoms with Gasteiger partial charge in [-0.25, -0.2) is 8.42 Å². The SMILES string of the molecule is CCS(=O)(=O)Nc1cccc(N2CCC(NC(C)c3ccccc3Cl)CC2)c1. The highest BCUT2D eigenvalue weighted by atomic mass is 35.5. The van der Waals surface area contributed by atoms with E-state index in [-0.39, 0.29) is 11.8 Å². The van der Waals surface area contributed by atoms with Crippen molar-refractivity contribution in [3.63, 3.8) is 0 Å². The Morgan fingerprint density at radius 3 is 2.54 bits per heavy atom. The minimum absolute atomic E-state index is 0.0674. The zero-order chi connectivity index (χ0) is 20.1. The Morgan fingerprint density at radius 2 is 1.86 bits per heavy atom. The molecule has 2 aromatic carbocycles. The number of piperidine rings is 1. The Hall–Kier alpha value is -1.76. The van der Waals surface area contributed by atoms with E-state index in [4.69, 9.17) is 11.6 Å². The van der Waals surface area contributed by atoms with Gasteiger partial charge in [0.2, 0.25) is 10.0 Å². The molecule has 1 atom stereocenters. The molecule has 1 unspecified atom stereocenters. The summed E-state index contributed by atoms with van der Waals surface area (Å²) in [5.41, 5.74) is 2.79. The Morgan fingerprint density at radius 1 is 1.14 bits per heavy atom. The van der Waals surface area contributed by atoms with E-state index in [1.54, 1.807) is 13.0 Å². The molecule has 0 bridgehead atoms. The molecule has 1 aliphatic heterocycles. The summed E-state index contributed by atoms with van der Waals surface area (Å²) in [5, 5.41) is 4.49. The van der Waals surface area contributed by atoms with E-state index in [1.165, 1.54) is 0 Å². The molecule has 0 aliphatic carbocycles. The number of hydrogen-bond acceptors (Lipinski definition) is 4. The monoisotopic (exact) mass is 421 g/mol. The Balaban J connectivity index is 1.57. The van der Waals surface area contributed by atoms with Crippen molar-refractivity contribution in [1.82, 2.24) is 5.32 Å². The van der Waals surface area contributed by atoms with E-state index in [0.717, 1.165) is 42.2 Å². The molecular weight excluding hydrogens is 394 g/mol. The van der Waals surface area contributed by atoms with Crippen LogP contribution in [0.1, 0.15) is 38.3 Å². The lowest BCUT2D eigenvalue weighted by atomic mass is 10.0. The zero-order valence-electron chi connectivity index (χ0n) is 16.4. The van der Waals surface area contributed by atoms with Gasteiger partial charge in [-0.1, -0.05) is 35.9 Å². The topological polar surface area (TPSA) is 61.4 Å². The summed E-state index contributed by atoms with van der Waals surface area (Å²) < 4.78 is 26.2. The number of anilines is 2. The van der Waals surface area contributed by atoms with E-state index in [0.29, 0.717) is 11.7 Å². The molecule has 3 rings (SSSR count). The van der Waals surface area contributed by atoms with Gasteiger partial charge in [-0.05, 0) is 56.5 Å². The van der Waals surface area contributed by atoms with Gasteiger partial charge in [0.25, 0.3) is 0 Å². The molecule has 1 aliphatic rings. The van der Waals surface area contributed by atoms with Gasteiger partial charge in [0.15, 0.2) is 0 Å². The first-order chi connectivity index (χ1) is 13.4. The number of benzene rings is 2. The third kappa shape index (κ3) is 5.40. The average molecular weight is 422 g/mol. The van der Waals surface area contributed by atoms with Crippen LogP contribution in [-0.4, -0.2) is 33.3 Å². The van der Waals surface area contributed by atoms with Crippen LogP contribution in [0.15, 0.2) is 48.5 Å². The second-order valence-electron chi connectivity index (χ2n) is 7.23. The number of nitrogens with zero attached hydrogens (tertiary/aromatic N) is 1. The van der Waals surface area contributed by atoms with Crippen LogP contribution in [0.5, 0.6) is 0 Å². The van der Waals surface area contributed by atoms with Crippen LogP contribution < -0.4 is 14.9 Å². The Labute approximate surface area is 173 Å². The van der Waals surface area contributed by atoms with E-state index in [1.807, 2.05) is 36.4 Å². The fourth-order valence-electron chi connectivity index (χ4n) is 3.59. The van der Waals surface area contributed by atoms with Crippen molar-refractivity contribution in [3.05, 3.63) is 59.1 Å². The van der Waals surface area contributed by atoms with Gasteiger partial charge in [0.1, 0.15) is 0 Å². The molecular formula is C21H28ClN3O2S. The van der Waals surface area contributed by atoms with E-state index < -0.39 is 10.0 Å². The number of rotatable bonds is 7. The normalized spacial score (nSPS) is 16.8. The highest BCUT2D eigenvalue weighted by Gasteiger charge is 2.22. The van der Waals surface area contributed by atoms with Crippen LogP contribution in [0.2, 0.25) is 5.02 Å². The van der Waals surface area contributed by atoms with E-state index in [9.17, 15) is 8.42 Å². The molecule has 2 N–H and O–H groups in total. The predicted molar refractivity (Wildman–Crippen MR) is 118 cm³/mol. The fraction of sp³-hybridized carbons (Fsp3) is 0.429. The summed E-state index contributed by atoms with van der Waals surface area (Å²) in [7, 11) is -3.26. The van der Waals surface area contributed by atoms with Gasteiger partial charge < -0.3 is 10.2 Å². The van der Waals surface area contributed by atoms with Crippen molar-refractivity contribution < 1.29 is 8.42 Å². The molecule has 5 nitrogen and oxygen atoms in total. The van der Waals surface area contributed by atoms with Crippen LogP contribution >= 0.6 is 11.6 Å². The third-order valence-corrected chi connectivity index (χ3v) is 6.87. The zero-order valence-corrected chi connectivity index (χ0v) is 17.9. The number of sulfonamides is 1. The lowest BCUT2D eigenvalue weighted by Gasteiger charge is -2.35. The summed E-state index contributed by atoms with van der Waals surface area (Å²) in [4.78, 5) is 2.31. The molecule has 0 aromatic heterocycles. The quantitative estimate of drug-likeness (QED) is 0.694. The number of hydrogen-bond donors (Lipinski definition) is 2. The van der Waals surface area contributed by atoms with Crippen LogP contribution in [-0.2, 0) is 10.0 Å². The summed E-state index contributed by atoms with van der Waals surface area (Å²) in [6.45, 7) is 5.64. The summed E-state index contributed by atoms with van der Waals surface area (Å²) in [6.07, 6.45) is 2.05. The third-order valence-electron chi connectivity index (χ3n) is 5.22. The van der Waals surface area contributed by atoms with Crippen molar-refractivity contribution in [2.45, 2.75) is 38.8 Å². The van der Waals surface area contributed by atoms with Crippen LogP contribution in [0.4, 0.5) is 11.4 Å². The molecule has 0 amide bonds. The molecule has 1 fully saturated rings. The summed E-state index contributed by atoms with van der Waals surface area (Å²) in [5.74, 6) is 0.0674. The smallest absolute Gasteiger partial charge is 0.232 e.